The highest BCUT2D eigenvalue weighted by Crippen LogP contribution is 2.12. The van der Waals surface area contributed by atoms with E-state index in [0.29, 0.717) is 6.04 Å². The zero-order chi connectivity index (χ0) is 15.2. The largest absolute Gasteiger partial charge is 0.465 e. The van der Waals surface area contributed by atoms with Crippen LogP contribution in [0.25, 0.3) is 0 Å². The molecule has 2 rings (SSSR count). The van der Waals surface area contributed by atoms with E-state index >= 15 is 0 Å². The zero-order valence-corrected chi connectivity index (χ0v) is 13.5. The van der Waals surface area contributed by atoms with Crippen LogP contribution in [-0.2, 0) is 19.6 Å². The molecule has 0 fully saturated rings. The van der Waals surface area contributed by atoms with Gasteiger partial charge in [-0.05, 0) is 37.2 Å². The first-order valence-corrected chi connectivity index (χ1v) is 7.58. The molecule has 1 aromatic heterocycles. The SMILES string of the molecule is Cc1ccc(CN(C)Cc2cccc(CNC(C)C)c2)o1. The highest BCUT2D eigenvalue weighted by atomic mass is 16.3. The van der Waals surface area contributed by atoms with Crippen molar-refractivity contribution >= 4 is 0 Å². The number of nitrogens with zero attached hydrogens (tertiary/aromatic N) is 1. The summed E-state index contributed by atoms with van der Waals surface area (Å²) in [6.07, 6.45) is 0. The van der Waals surface area contributed by atoms with Gasteiger partial charge in [0.25, 0.3) is 0 Å². The van der Waals surface area contributed by atoms with Crippen molar-refractivity contribution in [3.8, 4) is 0 Å². The minimum absolute atomic E-state index is 0.513. The van der Waals surface area contributed by atoms with Crippen molar-refractivity contribution in [1.82, 2.24) is 10.2 Å². The van der Waals surface area contributed by atoms with Gasteiger partial charge in [0, 0.05) is 19.1 Å². The number of hydrogen-bond donors (Lipinski definition) is 1. The first-order valence-electron chi connectivity index (χ1n) is 7.58. The fourth-order valence-electron chi connectivity index (χ4n) is 2.36. The Morgan fingerprint density at radius 1 is 1.10 bits per heavy atom. The van der Waals surface area contributed by atoms with Crippen LogP contribution in [0.4, 0.5) is 0 Å². The van der Waals surface area contributed by atoms with Crippen LogP contribution in [0.5, 0.6) is 0 Å². The molecule has 0 saturated heterocycles. The minimum atomic E-state index is 0.513. The predicted octanol–water partition coefficient (Wildman–Crippen LogP) is 3.72. The molecular weight excluding hydrogens is 260 g/mol. The summed E-state index contributed by atoms with van der Waals surface area (Å²) in [4.78, 5) is 2.27. The van der Waals surface area contributed by atoms with Crippen LogP contribution in [0.15, 0.2) is 40.8 Å². The Kier molecular flexibility index (Phi) is 5.59. The molecule has 0 amide bonds. The molecule has 0 bridgehead atoms. The highest BCUT2D eigenvalue weighted by Gasteiger charge is 2.05. The Hall–Kier alpha value is -1.58. The van der Waals surface area contributed by atoms with Crippen molar-refractivity contribution in [2.45, 2.75) is 46.4 Å². The molecule has 0 saturated carbocycles. The zero-order valence-electron chi connectivity index (χ0n) is 13.5. The van der Waals surface area contributed by atoms with E-state index in [2.05, 4.69) is 61.4 Å². The summed E-state index contributed by atoms with van der Waals surface area (Å²) in [5.74, 6) is 1.99. The topological polar surface area (TPSA) is 28.4 Å². The van der Waals surface area contributed by atoms with E-state index in [-0.39, 0.29) is 0 Å². The lowest BCUT2D eigenvalue weighted by molar-refractivity contribution is 0.285. The third-order valence-corrected chi connectivity index (χ3v) is 3.38. The number of hydrogen-bond acceptors (Lipinski definition) is 3. The van der Waals surface area contributed by atoms with Crippen molar-refractivity contribution in [2.24, 2.45) is 0 Å². The van der Waals surface area contributed by atoms with Gasteiger partial charge in [0.05, 0.1) is 6.54 Å². The molecule has 0 atom stereocenters. The number of benzene rings is 1. The second kappa shape index (κ2) is 7.43. The highest BCUT2D eigenvalue weighted by molar-refractivity contribution is 5.23. The van der Waals surface area contributed by atoms with E-state index in [1.54, 1.807) is 0 Å². The first kappa shape index (κ1) is 15.8. The van der Waals surface area contributed by atoms with Gasteiger partial charge in [0.1, 0.15) is 11.5 Å². The molecule has 3 nitrogen and oxygen atoms in total. The monoisotopic (exact) mass is 286 g/mol. The summed E-state index contributed by atoms with van der Waals surface area (Å²) in [5, 5.41) is 3.46. The maximum Gasteiger partial charge on any atom is 0.118 e. The molecule has 2 aromatic rings. The first-order chi connectivity index (χ1) is 10.0. The van der Waals surface area contributed by atoms with E-state index in [0.717, 1.165) is 31.2 Å². The van der Waals surface area contributed by atoms with Crippen LogP contribution < -0.4 is 5.32 Å². The Morgan fingerprint density at radius 2 is 1.86 bits per heavy atom. The fourth-order valence-corrected chi connectivity index (χ4v) is 2.36. The lowest BCUT2D eigenvalue weighted by atomic mass is 10.1. The van der Waals surface area contributed by atoms with Crippen molar-refractivity contribution in [1.29, 1.82) is 0 Å². The summed E-state index contributed by atoms with van der Waals surface area (Å²) in [6.45, 7) is 9.00. The molecule has 0 radical (unpaired) electrons. The second-order valence-corrected chi connectivity index (χ2v) is 6.04. The fraction of sp³-hybridized carbons (Fsp3) is 0.444. The Morgan fingerprint density at radius 3 is 2.52 bits per heavy atom. The van der Waals surface area contributed by atoms with Gasteiger partial charge in [0.15, 0.2) is 0 Å². The van der Waals surface area contributed by atoms with Crippen LogP contribution in [0, 0.1) is 6.92 Å². The lowest BCUT2D eigenvalue weighted by Crippen LogP contribution is -2.22. The average molecular weight is 286 g/mol. The van der Waals surface area contributed by atoms with E-state index in [4.69, 9.17) is 4.42 Å². The van der Waals surface area contributed by atoms with Crippen LogP contribution in [0.3, 0.4) is 0 Å². The molecule has 1 N–H and O–H groups in total. The number of aryl methyl sites for hydroxylation is 1. The Balaban J connectivity index is 1.91. The van der Waals surface area contributed by atoms with E-state index in [9.17, 15) is 0 Å². The van der Waals surface area contributed by atoms with Gasteiger partial charge >= 0.3 is 0 Å². The third kappa shape index (κ3) is 5.37. The number of nitrogens with one attached hydrogen (secondary N) is 1. The number of rotatable bonds is 7. The molecule has 3 heteroatoms. The molecule has 114 valence electrons. The van der Waals surface area contributed by atoms with Crippen molar-refractivity contribution < 1.29 is 4.42 Å². The maximum absolute atomic E-state index is 5.63. The van der Waals surface area contributed by atoms with E-state index in [1.165, 1.54) is 11.1 Å². The summed E-state index contributed by atoms with van der Waals surface area (Å²) >= 11 is 0. The van der Waals surface area contributed by atoms with E-state index < -0.39 is 0 Å². The smallest absolute Gasteiger partial charge is 0.118 e. The summed E-state index contributed by atoms with van der Waals surface area (Å²) in [5.41, 5.74) is 2.67. The quantitative estimate of drug-likeness (QED) is 0.841. The molecule has 21 heavy (non-hydrogen) atoms. The standard InChI is InChI=1S/C18H26N2O/c1-14(2)19-11-16-6-5-7-17(10-16)12-20(4)13-18-9-8-15(3)21-18/h5-10,14,19H,11-13H2,1-4H3. The average Bonchev–Trinajstić information content (AvgIpc) is 2.82. The van der Waals surface area contributed by atoms with Gasteiger partial charge in [-0.1, -0.05) is 38.1 Å². The molecule has 0 aliphatic carbocycles. The Labute approximate surface area is 128 Å². The maximum atomic E-state index is 5.63. The third-order valence-electron chi connectivity index (χ3n) is 3.38. The van der Waals surface area contributed by atoms with Crippen molar-refractivity contribution in [3.63, 3.8) is 0 Å². The van der Waals surface area contributed by atoms with Crippen LogP contribution in [0.2, 0.25) is 0 Å². The van der Waals surface area contributed by atoms with Gasteiger partial charge in [-0.2, -0.15) is 0 Å². The van der Waals surface area contributed by atoms with Gasteiger partial charge in [-0.25, -0.2) is 0 Å². The molecule has 0 aliphatic heterocycles. The molecule has 1 aromatic carbocycles. The van der Waals surface area contributed by atoms with Gasteiger partial charge < -0.3 is 9.73 Å². The summed E-state index contributed by atoms with van der Waals surface area (Å²) in [7, 11) is 2.12. The molecule has 0 unspecified atom stereocenters. The minimum Gasteiger partial charge on any atom is -0.465 e. The predicted molar refractivity (Wildman–Crippen MR) is 87.0 cm³/mol. The van der Waals surface area contributed by atoms with Crippen molar-refractivity contribution in [2.75, 3.05) is 7.05 Å². The summed E-state index contributed by atoms with van der Waals surface area (Å²) < 4.78 is 5.63. The number of furan rings is 1. The second-order valence-electron chi connectivity index (χ2n) is 6.04. The lowest BCUT2D eigenvalue weighted by Gasteiger charge is -2.16. The van der Waals surface area contributed by atoms with Crippen LogP contribution >= 0.6 is 0 Å². The van der Waals surface area contributed by atoms with E-state index in [1.807, 2.05) is 13.0 Å². The normalized spacial score (nSPS) is 11.5. The molecule has 0 spiro atoms. The van der Waals surface area contributed by atoms with Crippen molar-refractivity contribution in [3.05, 3.63) is 59.0 Å². The molecule has 1 heterocycles. The summed E-state index contributed by atoms with van der Waals surface area (Å²) in [6, 6.07) is 13.4. The van der Waals surface area contributed by atoms with Gasteiger partial charge in [-0.15, -0.1) is 0 Å². The molecular formula is C18H26N2O. The van der Waals surface area contributed by atoms with Gasteiger partial charge in [-0.3, -0.25) is 4.90 Å². The molecule has 0 aliphatic rings. The van der Waals surface area contributed by atoms with Crippen LogP contribution in [0.1, 0.15) is 36.5 Å². The van der Waals surface area contributed by atoms with Gasteiger partial charge in [0.2, 0.25) is 0 Å². The van der Waals surface area contributed by atoms with Crippen LogP contribution in [-0.4, -0.2) is 18.0 Å². The Bertz CT molecular complexity index is 560.